The van der Waals surface area contributed by atoms with Crippen molar-refractivity contribution in [1.82, 2.24) is 14.7 Å². The molecule has 5 heteroatoms. The second kappa shape index (κ2) is 4.23. The second-order valence-electron chi connectivity index (χ2n) is 3.57. The van der Waals surface area contributed by atoms with E-state index in [1.54, 1.807) is 13.1 Å². The number of nitrogen functional groups attached to an aromatic ring is 1. The Morgan fingerprint density at radius 2 is 2.21 bits per heavy atom. The molecule has 1 heterocycles. The molecule has 0 saturated heterocycles. The van der Waals surface area contributed by atoms with Crippen LogP contribution >= 0.6 is 0 Å². The number of hydrogen-bond acceptors (Lipinski definition) is 4. The van der Waals surface area contributed by atoms with Crippen molar-refractivity contribution in [2.24, 2.45) is 7.05 Å². The lowest BCUT2D eigenvalue weighted by molar-refractivity contribution is 0.409. The second-order valence-corrected chi connectivity index (χ2v) is 3.57. The fourth-order valence-corrected chi connectivity index (χ4v) is 1.16. The summed E-state index contributed by atoms with van der Waals surface area (Å²) in [5, 5.41) is 4.10. The van der Waals surface area contributed by atoms with Gasteiger partial charge < -0.3 is 10.6 Å². The normalized spacial score (nSPS) is 10.9. The zero-order chi connectivity index (χ0) is 10.7. The Morgan fingerprint density at radius 1 is 1.57 bits per heavy atom. The van der Waals surface area contributed by atoms with Gasteiger partial charge in [0.05, 0.1) is 5.69 Å². The molecule has 0 saturated carbocycles. The van der Waals surface area contributed by atoms with Crippen molar-refractivity contribution < 1.29 is 0 Å². The van der Waals surface area contributed by atoms with E-state index in [0.29, 0.717) is 0 Å². The molecule has 1 aromatic rings. The van der Waals surface area contributed by atoms with E-state index in [4.69, 9.17) is 5.73 Å². The van der Waals surface area contributed by atoms with Crippen LogP contribution in [0.5, 0.6) is 0 Å². The fraction of sp³-hybridized carbons (Fsp3) is 0.556. The molecular formula is C9H16N4O. The quantitative estimate of drug-likeness (QED) is 0.705. The van der Waals surface area contributed by atoms with E-state index < -0.39 is 0 Å². The van der Waals surface area contributed by atoms with Gasteiger partial charge in [0.15, 0.2) is 0 Å². The minimum absolute atomic E-state index is 0.237. The first-order chi connectivity index (χ1) is 6.50. The number of likely N-dealkylation sites (N-methyl/N-ethyl adjacent to an activating group) is 1. The minimum Gasteiger partial charge on any atom is -0.394 e. The average Bonchev–Trinajstić information content (AvgIpc) is 2.10. The highest BCUT2D eigenvalue weighted by Crippen LogP contribution is 1.98. The maximum Gasteiger partial charge on any atom is 0.289 e. The van der Waals surface area contributed by atoms with E-state index in [-0.39, 0.29) is 11.2 Å². The van der Waals surface area contributed by atoms with Crippen LogP contribution in [0.4, 0.5) is 5.69 Å². The van der Waals surface area contributed by atoms with Crippen LogP contribution in [0.1, 0.15) is 5.69 Å². The first kappa shape index (κ1) is 10.7. The summed E-state index contributed by atoms with van der Waals surface area (Å²) in [6, 6.07) is 1.64. The molecule has 0 amide bonds. The largest absolute Gasteiger partial charge is 0.394 e. The molecule has 0 atom stereocenters. The average molecular weight is 196 g/mol. The van der Waals surface area contributed by atoms with Gasteiger partial charge in [0.2, 0.25) is 0 Å². The molecule has 5 nitrogen and oxygen atoms in total. The highest BCUT2D eigenvalue weighted by Gasteiger charge is 2.02. The number of anilines is 1. The van der Waals surface area contributed by atoms with E-state index in [9.17, 15) is 4.79 Å². The van der Waals surface area contributed by atoms with Crippen molar-refractivity contribution in [2.45, 2.75) is 6.42 Å². The third kappa shape index (κ3) is 2.56. The highest BCUT2D eigenvalue weighted by atomic mass is 16.1. The van der Waals surface area contributed by atoms with Crippen LogP contribution in [0, 0.1) is 0 Å². The lowest BCUT2D eigenvalue weighted by atomic mass is 10.2. The SMILES string of the molecule is CN(C)CCc1cc(N)c(=O)n(C)n1. The summed E-state index contributed by atoms with van der Waals surface area (Å²) in [4.78, 5) is 13.3. The van der Waals surface area contributed by atoms with Crippen LogP contribution in [0.15, 0.2) is 10.9 Å². The molecule has 78 valence electrons. The zero-order valence-corrected chi connectivity index (χ0v) is 8.82. The van der Waals surface area contributed by atoms with Gasteiger partial charge >= 0.3 is 0 Å². The smallest absolute Gasteiger partial charge is 0.289 e. The molecule has 2 N–H and O–H groups in total. The molecule has 0 radical (unpaired) electrons. The molecule has 0 aliphatic rings. The molecule has 1 rings (SSSR count). The van der Waals surface area contributed by atoms with Crippen molar-refractivity contribution in [2.75, 3.05) is 26.4 Å². The van der Waals surface area contributed by atoms with Crippen LogP contribution in [-0.4, -0.2) is 35.3 Å². The summed E-state index contributed by atoms with van der Waals surface area (Å²) >= 11 is 0. The number of hydrogen-bond donors (Lipinski definition) is 1. The predicted molar refractivity (Wildman–Crippen MR) is 56.1 cm³/mol. The zero-order valence-electron chi connectivity index (χ0n) is 8.82. The van der Waals surface area contributed by atoms with Crippen LogP contribution in [0.25, 0.3) is 0 Å². The van der Waals surface area contributed by atoms with Crippen molar-refractivity contribution in [3.63, 3.8) is 0 Å². The van der Waals surface area contributed by atoms with E-state index in [2.05, 4.69) is 10.00 Å². The van der Waals surface area contributed by atoms with Crippen LogP contribution < -0.4 is 11.3 Å². The summed E-state index contributed by atoms with van der Waals surface area (Å²) in [5.74, 6) is 0. The number of aryl methyl sites for hydroxylation is 1. The van der Waals surface area contributed by atoms with Crippen LogP contribution in [-0.2, 0) is 13.5 Å². The summed E-state index contributed by atoms with van der Waals surface area (Å²) in [6.07, 6.45) is 0.797. The topological polar surface area (TPSA) is 64.2 Å². The van der Waals surface area contributed by atoms with Crippen molar-refractivity contribution in [3.05, 3.63) is 22.1 Å². The Kier molecular flexibility index (Phi) is 3.24. The Labute approximate surface area is 83.1 Å². The third-order valence-corrected chi connectivity index (χ3v) is 1.96. The van der Waals surface area contributed by atoms with Gasteiger partial charge in [0, 0.05) is 20.0 Å². The van der Waals surface area contributed by atoms with Crippen molar-refractivity contribution in [1.29, 1.82) is 0 Å². The van der Waals surface area contributed by atoms with Gasteiger partial charge in [-0.2, -0.15) is 5.10 Å². The van der Waals surface area contributed by atoms with Gasteiger partial charge in [-0.1, -0.05) is 0 Å². The number of rotatable bonds is 3. The molecule has 0 spiro atoms. The monoisotopic (exact) mass is 196 g/mol. The Hall–Kier alpha value is -1.36. The van der Waals surface area contributed by atoms with Crippen LogP contribution in [0.3, 0.4) is 0 Å². The Bertz CT molecular complexity index is 343. The predicted octanol–water partition coefficient (Wildman–Crippen LogP) is -0.533. The molecule has 1 aromatic heterocycles. The summed E-state index contributed by atoms with van der Waals surface area (Å²) in [5.41, 5.74) is 6.41. The summed E-state index contributed by atoms with van der Waals surface area (Å²) < 4.78 is 1.28. The Balaban J connectivity index is 2.85. The Morgan fingerprint density at radius 3 is 2.71 bits per heavy atom. The molecule has 14 heavy (non-hydrogen) atoms. The number of nitrogens with two attached hydrogens (primary N) is 1. The van der Waals surface area contributed by atoms with Crippen LogP contribution in [0.2, 0.25) is 0 Å². The minimum atomic E-state index is -0.237. The maximum absolute atomic E-state index is 11.2. The molecule has 0 aliphatic heterocycles. The number of nitrogens with zero attached hydrogens (tertiary/aromatic N) is 3. The number of aromatic nitrogens is 2. The first-order valence-corrected chi connectivity index (χ1v) is 4.48. The molecule has 0 bridgehead atoms. The summed E-state index contributed by atoms with van der Waals surface area (Å²) in [6.45, 7) is 0.893. The van der Waals surface area contributed by atoms with Gasteiger partial charge in [-0.25, -0.2) is 4.68 Å². The fourth-order valence-electron chi connectivity index (χ4n) is 1.16. The molecule has 0 fully saturated rings. The lowest BCUT2D eigenvalue weighted by Gasteiger charge is -2.09. The summed E-state index contributed by atoms with van der Waals surface area (Å²) in [7, 11) is 5.59. The van der Waals surface area contributed by atoms with E-state index >= 15 is 0 Å². The van der Waals surface area contributed by atoms with Gasteiger partial charge in [-0.15, -0.1) is 0 Å². The van der Waals surface area contributed by atoms with Gasteiger partial charge in [0.25, 0.3) is 5.56 Å². The van der Waals surface area contributed by atoms with Crippen molar-refractivity contribution >= 4 is 5.69 Å². The highest BCUT2D eigenvalue weighted by molar-refractivity contribution is 5.35. The molecule has 0 aliphatic carbocycles. The van der Waals surface area contributed by atoms with Crippen molar-refractivity contribution in [3.8, 4) is 0 Å². The maximum atomic E-state index is 11.2. The van der Waals surface area contributed by atoms with Gasteiger partial charge in [-0.05, 0) is 20.2 Å². The van der Waals surface area contributed by atoms with E-state index in [1.807, 2.05) is 14.1 Å². The first-order valence-electron chi connectivity index (χ1n) is 4.48. The third-order valence-electron chi connectivity index (χ3n) is 1.96. The molecule has 0 aromatic carbocycles. The molecule has 0 unspecified atom stereocenters. The van der Waals surface area contributed by atoms with E-state index in [1.165, 1.54) is 4.68 Å². The molecular weight excluding hydrogens is 180 g/mol. The standard InChI is InChI=1S/C9H16N4O/c1-12(2)5-4-7-6-8(10)9(14)13(3)11-7/h6H,4-5,10H2,1-3H3. The van der Waals surface area contributed by atoms with Gasteiger partial charge in [0.1, 0.15) is 5.69 Å². The lowest BCUT2D eigenvalue weighted by Crippen LogP contribution is -2.25. The van der Waals surface area contributed by atoms with Gasteiger partial charge in [-0.3, -0.25) is 4.79 Å². The van der Waals surface area contributed by atoms with E-state index in [0.717, 1.165) is 18.7 Å².